The largest absolute Gasteiger partial charge is 0.496 e. The Balaban J connectivity index is 1.55. The number of para-hydroxylation sites is 1. The fraction of sp³-hybridized carbons (Fsp3) is 0.0909. The number of methoxy groups -OCH3 is 1. The van der Waals surface area contributed by atoms with Gasteiger partial charge in [-0.25, -0.2) is 4.98 Å². The molecule has 0 fully saturated rings. The zero-order valence-electron chi connectivity index (χ0n) is 15.0. The van der Waals surface area contributed by atoms with E-state index in [4.69, 9.17) is 9.15 Å². The van der Waals surface area contributed by atoms with Crippen molar-refractivity contribution >= 4 is 22.7 Å². The lowest BCUT2D eigenvalue weighted by Gasteiger charge is -2.09. The first kappa shape index (κ1) is 16.8. The number of nitrogens with zero attached hydrogens (tertiary/aromatic N) is 1. The quantitative estimate of drug-likeness (QED) is 0.553. The zero-order chi connectivity index (χ0) is 18.8. The summed E-state index contributed by atoms with van der Waals surface area (Å²) in [7, 11) is 1.54. The number of fused-ring (bicyclic) bond motifs is 1. The minimum Gasteiger partial charge on any atom is -0.496 e. The van der Waals surface area contributed by atoms with E-state index in [1.165, 1.54) is 0 Å². The molecule has 1 amide bonds. The Morgan fingerprint density at radius 2 is 1.81 bits per heavy atom. The highest BCUT2D eigenvalue weighted by Crippen LogP contribution is 2.26. The number of aromatic nitrogens is 1. The fourth-order valence-electron chi connectivity index (χ4n) is 2.89. The number of benzene rings is 3. The number of oxazole rings is 1. The van der Waals surface area contributed by atoms with Crippen molar-refractivity contribution in [2.75, 3.05) is 12.4 Å². The number of anilines is 1. The molecule has 0 radical (unpaired) electrons. The van der Waals surface area contributed by atoms with Gasteiger partial charge in [0.25, 0.3) is 5.91 Å². The molecular formula is C22H18N2O3. The van der Waals surface area contributed by atoms with Crippen molar-refractivity contribution in [3.63, 3.8) is 0 Å². The molecule has 27 heavy (non-hydrogen) atoms. The number of nitrogens with one attached hydrogen (secondary N) is 1. The van der Waals surface area contributed by atoms with Crippen LogP contribution in [0.15, 0.2) is 71.1 Å². The summed E-state index contributed by atoms with van der Waals surface area (Å²) in [5.74, 6) is 0.865. The van der Waals surface area contributed by atoms with E-state index in [0.29, 0.717) is 22.9 Å². The van der Waals surface area contributed by atoms with E-state index >= 15 is 0 Å². The second kappa shape index (κ2) is 6.96. The van der Waals surface area contributed by atoms with Crippen LogP contribution in [0, 0.1) is 6.92 Å². The molecule has 0 bridgehead atoms. The molecule has 5 heteroatoms. The van der Waals surface area contributed by atoms with E-state index in [-0.39, 0.29) is 5.91 Å². The topological polar surface area (TPSA) is 64.4 Å². The summed E-state index contributed by atoms with van der Waals surface area (Å²) in [6.45, 7) is 2.02. The first-order valence-corrected chi connectivity index (χ1v) is 8.56. The van der Waals surface area contributed by atoms with E-state index in [1.54, 1.807) is 25.3 Å². The van der Waals surface area contributed by atoms with Crippen LogP contribution in [-0.2, 0) is 0 Å². The van der Waals surface area contributed by atoms with Crippen molar-refractivity contribution in [3.05, 3.63) is 77.9 Å². The van der Waals surface area contributed by atoms with Gasteiger partial charge in [-0.1, -0.05) is 18.2 Å². The van der Waals surface area contributed by atoms with Crippen molar-refractivity contribution in [3.8, 4) is 17.2 Å². The highest BCUT2D eigenvalue weighted by Gasteiger charge is 2.12. The molecule has 1 heterocycles. The van der Waals surface area contributed by atoms with Gasteiger partial charge in [0.1, 0.15) is 11.3 Å². The lowest BCUT2D eigenvalue weighted by molar-refractivity contribution is 0.102. The molecule has 1 aromatic heterocycles. The van der Waals surface area contributed by atoms with Gasteiger partial charge in [-0.3, -0.25) is 4.79 Å². The van der Waals surface area contributed by atoms with E-state index in [0.717, 1.165) is 22.2 Å². The third-order valence-electron chi connectivity index (χ3n) is 4.28. The smallest absolute Gasteiger partial charge is 0.259 e. The van der Waals surface area contributed by atoms with Gasteiger partial charge in [0.15, 0.2) is 5.58 Å². The highest BCUT2D eigenvalue weighted by atomic mass is 16.5. The number of rotatable bonds is 4. The normalized spacial score (nSPS) is 10.7. The van der Waals surface area contributed by atoms with Crippen molar-refractivity contribution in [2.45, 2.75) is 6.92 Å². The van der Waals surface area contributed by atoms with Gasteiger partial charge in [-0.15, -0.1) is 0 Å². The first-order valence-electron chi connectivity index (χ1n) is 8.56. The van der Waals surface area contributed by atoms with Gasteiger partial charge in [0, 0.05) is 11.3 Å². The van der Waals surface area contributed by atoms with Crippen LogP contribution in [0.25, 0.3) is 22.6 Å². The maximum atomic E-state index is 12.5. The Morgan fingerprint density at radius 3 is 2.59 bits per heavy atom. The first-order chi connectivity index (χ1) is 13.1. The standard InChI is InChI=1S/C22H18N2O3/c1-14-7-12-20-18(13-14)24-22(27-20)15-8-10-16(11-9-15)23-21(25)17-5-3-4-6-19(17)26-2/h3-13H,1-2H3,(H,23,25). The van der Waals surface area contributed by atoms with Crippen LogP contribution in [0.3, 0.4) is 0 Å². The van der Waals surface area contributed by atoms with Crippen molar-refractivity contribution in [2.24, 2.45) is 0 Å². The zero-order valence-corrected chi connectivity index (χ0v) is 15.0. The van der Waals surface area contributed by atoms with Crippen LogP contribution in [0.4, 0.5) is 5.69 Å². The lowest BCUT2D eigenvalue weighted by atomic mass is 10.1. The Morgan fingerprint density at radius 1 is 1.04 bits per heavy atom. The minimum atomic E-state index is -0.225. The van der Waals surface area contributed by atoms with Crippen LogP contribution < -0.4 is 10.1 Å². The molecule has 5 nitrogen and oxygen atoms in total. The Hall–Kier alpha value is -3.60. The molecule has 0 atom stereocenters. The highest BCUT2D eigenvalue weighted by molar-refractivity contribution is 6.06. The van der Waals surface area contributed by atoms with Gasteiger partial charge in [-0.05, 0) is 61.0 Å². The molecule has 0 spiro atoms. The average Bonchev–Trinajstić information content (AvgIpc) is 3.11. The molecule has 0 unspecified atom stereocenters. The summed E-state index contributed by atoms with van der Waals surface area (Å²) < 4.78 is 11.1. The summed E-state index contributed by atoms with van der Waals surface area (Å²) >= 11 is 0. The van der Waals surface area contributed by atoms with Gasteiger partial charge in [-0.2, -0.15) is 0 Å². The van der Waals surface area contributed by atoms with Crippen molar-refractivity contribution < 1.29 is 13.9 Å². The lowest BCUT2D eigenvalue weighted by Crippen LogP contribution is -2.12. The van der Waals surface area contributed by atoms with Gasteiger partial charge < -0.3 is 14.5 Å². The predicted octanol–water partition coefficient (Wildman–Crippen LogP) is 5.06. The van der Waals surface area contributed by atoms with Crippen LogP contribution in [-0.4, -0.2) is 18.0 Å². The van der Waals surface area contributed by atoms with Gasteiger partial charge in [0.2, 0.25) is 5.89 Å². The van der Waals surface area contributed by atoms with Crippen LogP contribution >= 0.6 is 0 Å². The Bertz CT molecular complexity index is 1110. The SMILES string of the molecule is COc1ccccc1C(=O)Nc1ccc(-c2nc3cc(C)ccc3o2)cc1. The fourth-order valence-corrected chi connectivity index (χ4v) is 2.89. The van der Waals surface area contributed by atoms with E-state index in [1.807, 2.05) is 55.5 Å². The van der Waals surface area contributed by atoms with E-state index in [9.17, 15) is 4.79 Å². The second-order valence-corrected chi connectivity index (χ2v) is 6.22. The van der Waals surface area contributed by atoms with Crippen LogP contribution in [0.2, 0.25) is 0 Å². The van der Waals surface area contributed by atoms with E-state index in [2.05, 4.69) is 10.3 Å². The number of amides is 1. The van der Waals surface area contributed by atoms with Gasteiger partial charge in [0.05, 0.1) is 12.7 Å². The van der Waals surface area contributed by atoms with Crippen molar-refractivity contribution in [1.82, 2.24) is 4.98 Å². The summed E-state index contributed by atoms with van der Waals surface area (Å²) in [6, 6.07) is 20.4. The molecule has 134 valence electrons. The maximum absolute atomic E-state index is 12.5. The Kier molecular flexibility index (Phi) is 4.34. The van der Waals surface area contributed by atoms with Crippen LogP contribution in [0.5, 0.6) is 5.75 Å². The van der Waals surface area contributed by atoms with E-state index < -0.39 is 0 Å². The monoisotopic (exact) mass is 358 g/mol. The predicted molar refractivity (Wildman–Crippen MR) is 105 cm³/mol. The molecule has 4 rings (SSSR count). The summed E-state index contributed by atoms with van der Waals surface area (Å²) in [6.07, 6.45) is 0. The third kappa shape index (κ3) is 3.40. The molecule has 3 aromatic carbocycles. The number of aryl methyl sites for hydroxylation is 1. The molecule has 4 aromatic rings. The molecule has 0 aliphatic rings. The number of carbonyl (C=O) groups excluding carboxylic acids is 1. The van der Waals surface area contributed by atoms with Gasteiger partial charge >= 0.3 is 0 Å². The van der Waals surface area contributed by atoms with Crippen molar-refractivity contribution in [1.29, 1.82) is 0 Å². The molecular weight excluding hydrogens is 340 g/mol. The molecule has 0 saturated carbocycles. The molecule has 0 aliphatic carbocycles. The summed E-state index contributed by atoms with van der Waals surface area (Å²) in [5.41, 5.74) is 4.73. The number of carbonyl (C=O) groups is 1. The Labute approximate surface area is 156 Å². The molecule has 1 N–H and O–H groups in total. The molecule has 0 saturated heterocycles. The minimum absolute atomic E-state index is 0.225. The third-order valence-corrected chi connectivity index (χ3v) is 4.28. The summed E-state index contributed by atoms with van der Waals surface area (Å²) in [5, 5.41) is 2.88. The molecule has 0 aliphatic heterocycles. The maximum Gasteiger partial charge on any atom is 0.259 e. The van der Waals surface area contributed by atoms with Crippen LogP contribution in [0.1, 0.15) is 15.9 Å². The number of hydrogen-bond acceptors (Lipinski definition) is 4. The second-order valence-electron chi connectivity index (χ2n) is 6.22. The number of hydrogen-bond donors (Lipinski definition) is 1. The summed E-state index contributed by atoms with van der Waals surface area (Å²) in [4.78, 5) is 17.0. The average molecular weight is 358 g/mol. The number of ether oxygens (including phenoxy) is 1.